The monoisotopic (exact) mass is 294 g/mol. The van der Waals surface area contributed by atoms with Crippen molar-refractivity contribution in [2.24, 2.45) is 4.99 Å². The number of ether oxygens (including phenoxy) is 1. The van der Waals surface area contributed by atoms with Crippen LogP contribution in [-0.2, 0) is 9.53 Å². The number of nitrogens with zero attached hydrogens (tertiary/aromatic N) is 2. The number of carboxylic acids is 1. The molecule has 0 radical (unpaired) electrons. The Morgan fingerprint density at radius 2 is 2.00 bits per heavy atom. The lowest BCUT2D eigenvalue weighted by molar-refractivity contribution is -0.136. The van der Waals surface area contributed by atoms with E-state index in [2.05, 4.69) is 9.89 Å². The minimum atomic E-state index is -0.830. The van der Waals surface area contributed by atoms with E-state index in [1.807, 2.05) is 30.3 Å². The highest BCUT2D eigenvalue weighted by Gasteiger charge is 2.21. The number of hydrogen-bond acceptors (Lipinski definition) is 4. The first kappa shape index (κ1) is 14.9. The van der Waals surface area contributed by atoms with E-state index in [0.29, 0.717) is 13.2 Å². The molecular formula is C14H18N2O3S. The van der Waals surface area contributed by atoms with Crippen LogP contribution in [0.25, 0.3) is 0 Å². The minimum absolute atomic E-state index is 0.527. The molecule has 1 saturated heterocycles. The molecule has 1 aliphatic rings. The van der Waals surface area contributed by atoms with Crippen LogP contribution in [-0.4, -0.2) is 52.7 Å². The standard InChI is InChI=1S/C14H18N2O3S/c1-11(13(17)18)20-14(16-7-9-19-10-8-16)15-12-5-3-2-4-6-12/h2-6,11H,7-10H2,1H3,(H,17,18)/t11-/m0/s1. The van der Waals surface area contributed by atoms with Gasteiger partial charge in [0.05, 0.1) is 18.9 Å². The predicted octanol–water partition coefficient (Wildman–Crippen LogP) is 2.21. The van der Waals surface area contributed by atoms with Gasteiger partial charge in [-0.2, -0.15) is 0 Å². The Labute approximate surface area is 122 Å². The fraction of sp³-hybridized carbons (Fsp3) is 0.429. The summed E-state index contributed by atoms with van der Waals surface area (Å²) in [6.07, 6.45) is 0. The van der Waals surface area contributed by atoms with Crippen LogP contribution in [0.1, 0.15) is 6.92 Å². The molecule has 0 amide bonds. The van der Waals surface area contributed by atoms with Gasteiger partial charge in [0.15, 0.2) is 5.17 Å². The van der Waals surface area contributed by atoms with Gasteiger partial charge in [-0.15, -0.1) is 0 Å². The van der Waals surface area contributed by atoms with Gasteiger partial charge in [0, 0.05) is 13.1 Å². The highest BCUT2D eigenvalue weighted by atomic mass is 32.2. The van der Waals surface area contributed by atoms with Gasteiger partial charge in [-0.1, -0.05) is 30.0 Å². The second-order valence-electron chi connectivity index (χ2n) is 4.43. The summed E-state index contributed by atoms with van der Waals surface area (Å²) >= 11 is 1.27. The van der Waals surface area contributed by atoms with E-state index in [0.717, 1.165) is 23.9 Å². The van der Waals surface area contributed by atoms with E-state index >= 15 is 0 Å². The summed E-state index contributed by atoms with van der Waals surface area (Å²) in [5.41, 5.74) is 0.832. The van der Waals surface area contributed by atoms with Gasteiger partial charge in [-0.3, -0.25) is 4.79 Å². The molecule has 1 aromatic rings. The number of amidine groups is 1. The Balaban J connectivity index is 2.18. The minimum Gasteiger partial charge on any atom is -0.480 e. The summed E-state index contributed by atoms with van der Waals surface area (Å²) in [5.74, 6) is -0.830. The Bertz CT molecular complexity index is 473. The molecule has 0 bridgehead atoms. The van der Waals surface area contributed by atoms with Crippen molar-refractivity contribution in [3.05, 3.63) is 30.3 Å². The summed E-state index contributed by atoms with van der Waals surface area (Å²) in [7, 11) is 0. The number of rotatable bonds is 3. The Kier molecular flexibility index (Phi) is 5.43. The molecule has 0 saturated carbocycles. The predicted molar refractivity (Wildman–Crippen MR) is 80.6 cm³/mol. The summed E-state index contributed by atoms with van der Waals surface area (Å²) in [5, 5.41) is 9.29. The van der Waals surface area contributed by atoms with E-state index in [1.54, 1.807) is 6.92 Å². The largest absolute Gasteiger partial charge is 0.480 e. The molecule has 1 N–H and O–H groups in total. The van der Waals surface area contributed by atoms with Gasteiger partial charge < -0.3 is 14.7 Å². The van der Waals surface area contributed by atoms with E-state index in [-0.39, 0.29) is 0 Å². The van der Waals surface area contributed by atoms with Gasteiger partial charge >= 0.3 is 5.97 Å². The number of hydrogen-bond donors (Lipinski definition) is 1. The fourth-order valence-electron chi connectivity index (χ4n) is 1.75. The third kappa shape index (κ3) is 4.25. The third-order valence-corrected chi connectivity index (χ3v) is 4.01. The van der Waals surface area contributed by atoms with Crippen molar-refractivity contribution in [2.45, 2.75) is 12.2 Å². The first-order valence-corrected chi connectivity index (χ1v) is 7.40. The maximum absolute atomic E-state index is 11.1. The molecule has 1 fully saturated rings. The third-order valence-electron chi connectivity index (χ3n) is 2.89. The van der Waals surface area contributed by atoms with Crippen LogP contribution in [0.5, 0.6) is 0 Å². The fourth-order valence-corrected chi connectivity index (χ4v) is 2.65. The van der Waals surface area contributed by atoms with Gasteiger partial charge in [0.25, 0.3) is 0 Å². The number of thioether (sulfide) groups is 1. The van der Waals surface area contributed by atoms with Crippen LogP contribution in [0, 0.1) is 0 Å². The number of carboxylic acid groups (broad SMARTS) is 1. The lowest BCUT2D eigenvalue weighted by Crippen LogP contribution is -2.40. The van der Waals surface area contributed by atoms with E-state index in [4.69, 9.17) is 9.84 Å². The van der Waals surface area contributed by atoms with Crippen LogP contribution in [0.2, 0.25) is 0 Å². The summed E-state index contributed by atoms with van der Waals surface area (Å²) in [4.78, 5) is 17.7. The molecule has 1 aliphatic heterocycles. The quantitative estimate of drug-likeness (QED) is 0.684. The Morgan fingerprint density at radius 3 is 2.60 bits per heavy atom. The van der Waals surface area contributed by atoms with Crippen LogP contribution >= 0.6 is 11.8 Å². The maximum Gasteiger partial charge on any atom is 0.316 e. The zero-order chi connectivity index (χ0) is 14.4. The molecular weight excluding hydrogens is 276 g/mol. The highest BCUT2D eigenvalue weighted by Crippen LogP contribution is 2.21. The lowest BCUT2D eigenvalue weighted by atomic mass is 10.3. The number of carbonyl (C=O) groups is 1. The van der Waals surface area contributed by atoms with Crippen molar-refractivity contribution in [3.63, 3.8) is 0 Å². The second-order valence-corrected chi connectivity index (χ2v) is 5.74. The SMILES string of the molecule is C[C@H](SC(=Nc1ccccc1)N1CCOCC1)C(=O)O. The molecule has 0 aliphatic carbocycles. The summed E-state index contributed by atoms with van der Waals surface area (Å²) in [6.45, 7) is 4.45. The smallest absolute Gasteiger partial charge is 0.316 e. The molecule has 108 valence electrons. The van der Waals surface area contributed by atoms with Crippen molar-refractivity contribution in [3.8, 4) is 0 Å². The first-order valence-electron chi connectivity index (χ1n) is 6.52. The highest BCUT2D eigenvalue weighted by molar-refractivity contribution is 8.14. The summed E-state index contributed by atoms with van der Waals surface area (Å²) in [6, 6.07) is 9.58. The van der Waals surface area contributed by atoms with Crippen LogP contribution in [0.3, 0.4) is 0 Å². The number of aliphatic carboxylic acids is 1. The Hall–Kier alpha value is -1.53. The molecule has 0 aromatic heterocycles. The van der Waals surface area contributed by atoms with Crippen LogP contribution in [0.15, 0.2) is 35.3 Å². The number of para-hydroxylation sites is 1. The average Bonchev–Trinajstić information content (AvgIpc) is 2.48. The molecule has 20 heavy (non-hydrogen) atoms. The van der Waals surface area contributed by atoms with Gasteiger partial charge in [0.1, 0.15) is 5.25 Å². The first-order chi connectivity index (χ1) is 9.66. The van der Waals surface area contributed by atoms with Crippen LogP contribution < -0.4 is 0 Å². The van der Waals surface area contributed by atoms with Crippen LogP contribution in [0.4, 0.5) is 5.69 Å². The van der Waals surface area contributed by atoms with Crippen molar-refractivity contribution in [1.29, 1.82) is 0 Å². The second kappa shape index (κ2) is 7.31. The molecule has 1 atom stereocenters. The normalized spacial score (nSPS) is 17.9. The van der Waals surface area contributed by atoms with Gasteiger partial charge in [-0.05, 0) is 19.1 Å². The Morgan fingerprint density at radius 1 is 1.35 bits per heavy atom. The maximum atomic E-state index is 11.1. The molecule has 1 heterocycles. The number of morpholine rings is 1. The molecule has 0 unspecified atom stereocenters. The van der Waals surface area contributed by atoms with Crippen molar-refractivity contribution >= 4 is 28.6 Å². The molecule has 6 heteroatoms. The number of aliphatic imine (C=N–C) groups is 1. The molecule has 5 nitrogen and oxygen atoms in total. The van der Waals surface area contributed by atoms with E-state index in [1.165, 1.54) is 11.8 Å². The molecule has 2 rings (SSSR count). The molecule has 1 aromatic carbocycles. The summed E-state index contributed by atoms with van der Waals surface area (Å²) < 4.78 is 5.33. The van der Waals surface area contributed by atoms with Gasteiger partial charge in [-0.25, -0.2) is 4.99 Å². The molecule has 0 spiro atoms. The van der Waals surface area contributed by atoms with Crippen molar-refractivity contribution in [1.82, 2.24) is 4.90 Å². The number of benzene rings is 1. The van der Waals surface area contributed by atoms with Gasteiger partial charge in [0.2, 0.25) is 0 Å². The van der Waals surface area contributed by atoms with E-state index < -0.39 is 11.2 Å². The van der Waals surface area contributed by atoms with Crippen molar-refractivity contribution in [2.75, 3.05) is 26.3 Å². The average molecular weight is 294 g/mol. The lowest BCUT2D eigenvalue weighted by Gasteiger charge is -2.30. The zero-order valence-corrected chi connectivity index (χ0v) is 12.2. The van der Waals surface area contributed by atoms with E-state index in [9.17, 15) is 4.79 Å². The zero-order valence-electron chi connectivity index (χ0n) is 11.4. The van der Waals surface area contributed by atoms with Crippen molar-refractivity contribution < 1.29 is 14.6 Å². The topological polar surface area (TPSA) is 62.1 Å².